The highest BCUT2D eigenvalue weighted by atomic mass is 19.1. The van der Waals surface area contributed by atoms with Crippen molar-refractivity contribution in [1.82, 2.24) is 9.80 Å². The van der Waals surface area contributed by atoms with Gasteiger partial charge in [0, 0.05) is 38.8 Å². The van der Waals surface area contributed by atoms with Crippen molar-refractivity contribution in [2.45, 2.75) is 6.54 Å². The highest BCUT2D eigenvalue weighted by Gasteiger charge is 2.20. The topological polar surface area (TPSA) is 35.6 Å². The average molecular weight is 395 g/mol. The van der Waals surface area contributed by atoms with Crippen LogP contribution in [-0.4, -0.2) is 48.4 Å². The van der Waals surface area contributed by atoms with Gasteiger partial charge < -0.3 is 5.32 Å². The first-order chi connectivity index (χ1) is 14.1. The molecule has 1 heterocycles. The molecule has 0 atom stereocenters. The molecule has 150 valence electrons. The minimum atomic E-state index is -0.639. The Balaban J connectivity index is 1.30. The molecule has 4 nitrogen and oxygen atoms in total. The molecule has 1 N–H and O–H groups in total. The lowest BCUT2D eigenvalue weighted by molar-refractivity contribution is -0.117. The van der Waals surface area contributed by atoms with Crippen LogP contribution in [0.2, 0.25) is 0 Å². The molecule has 0 radical (unpaired) electrons. The number of nitrogens with zero attached hydrogens (tertiary/aromatic N) is 2. The molecule has 4 rings (SSSR count). The van der Waals surface area contributed by atoms with E-state index in [1.54, 1.807) is 0 Å². The fraction of sp³-hybridized carbons (Fsp3) is 0.261. The molecule has 3 aromatic rings. The number of anilines is 1. The van der Waals surface area contributed by atoms with Gasteiger partial charge in [-0.2, -0.15) is 0 Å². The Morgan fingerprint density at radius 1 is 0.897 bits per heavy atom. The normalized spacial score (nSPS) is 15.5. The predicted octanol–water partition coefficient (Wildman–Crippen LogP) is 3.87. The molecule has 29 heavy (non-hydrogen) atoms. The molecule has 3 aromatic carbocycles. The highest BCUT2D eigenvalue weighted by Crippen LogP contribution is 2.21. The van der Waals surface area contributed by atoms with Gasteiger partial charge in [-0.3, -0.25) is 14.6 Å². The van der Waals surface area contributed by atoms with Gasteiger partial charge in [-0.15, -0.1) is 0 Å². The zero-order valence-electron chi connectivity index (χ0n) is 16.1. The first-order valence-electron chi connectivity index (χ1n) is 9.75. The summed E-state index contributed by atoms with van der Waals surface area (Å²) in [6.45, 7) is 4.25. The number of nitrogens with one attached hydrogen (secondary N) is 1. The minimum absolute atomic E-state index is 0.121. The van der Waals surface area contributed by atoms with Gasteiger partial charge >= 0.3 is 0 Å². The molecule has 1 saturated heterocycles. The standard InChI is InChI=1S/C23H23F2N3O/c24-19-8-9-21(25)22(14-19)26-23(29)16-28-12-10-27(11-13-28)15-18-6-3-5-17-4-1-2-7-20(17)18/h1-9,14H,10-13,15-16H2,(H,26,29). The average Bonchev–Trinajstić information content (AvgIpc) is 2.72. The summed E-state index contributed by atoms with van der Waals surface area (Å²) < 4.78 is 26.9. The maximum absolute atomic E-state index is 13.7. The van der Waals surface area contributed by atoms with E-state index < -0.39 is 11.6 Å². The van der Waals surface area contributed by atoms with E-state index in [2.05, 4.69) is 46.6 Å². The van der Waals surface area contributed by atoms with Crippen molar-refractivity contribution in [3.05, 3.63) is 77.9 Å². The van der Waals surface area contributed by atoms with Crippen molar-refractivity contribution in [2.75, 3.05) is 38.0 Å². The summed E-state index contributed by atoms with van der Waals surface area (Å²) in [7, 11) is 0. The van der Waals surface area contributed by atoms with Crippen LogP contribution in [0.5, 0.6) is 0 Å². The number of carbonyl (C=O) groups excluding carboxylic acids is 1. The minimum Gasteiger partial charge on any atom is -0.322 e. The first kappa shape index (κ1) is 19.5. The molecule has 0 aromatic heterocycles. The lowest BCUT2D eigenvalue weighted by Crippen LogP contribution is -2.48. The molecule has 1 amide bonds. The number of piperazine rings is 1. The molecular formula is C23H23F2N3O. The molecule has 1 fully saturated rings. The molecule has 1 aliphatic heterocycles. The van der Waals surface area contributed by atoms with Crippen LogP contribution in [0.3, 0.4) is 0 Å². The Labute approximate surface area is 168 Å². The zero-order valence-corrected chi connectivity index (χ0v) is 16.1. The van der Waals surface area contributed by atoms with E-state index in [1.807, 2.05) is 11.0 Å². The molecule has 0 unspecified atom stereocenters. The van der Waals surface area contributed by atoms with E-state index in [4.69, 9.17) is 0 Å². The van der Waals surface area contributed by atoms with Gasteiger partial charge in [0.25, 0.3) is 0 Å². The molecule has 0 aliphatic carbocycles. The van der Waals surface area contributed by atoms with E-state index in [9.17, 15) is 13.6 Å². The summed E-state index contributed by atoms with van der Waals surface area (Å²) in [6.07, 6.45) is 0. The number of hydrogen-bond donors (Lipinski definition) is 1. The maximum atomic E-state index is 13.7. The number of carbonyl (C=O) groups is 1. The Bertz CT molecular complexity index is 1010. The SMILES string of the molecule is O=C(CN1CCN(Cc2cccc3ccccc23)CC1)Nc1cc(F)ccc1F. The highest BCUT2D eigenvalue weighted by molar-refractivity contribution is 5.92. The van der Waals surface area contributed by atoms with Crippen LogP contribution < -0.4 is 5.32 Å². The van der Waals surface area contributed by atoms with Crippen LogP contribution in [-0.2, 0) is 11.3 Å². The van der Waals surface area contributed by atoms with Crippen molar-refractivity contribution in [2.24, 2.45) is 0 Å². The van der Waals surface area contributed by atoms with Gasteiger partial charge in [0.05, 0.1) is 12.2 Å². The predicted molar refractivity (Wildman–Crippen MR) is 111 cm³/mol. The lowest BCUT2D eigenvalue weighted by Gasteiger charge is -2.34. The number of halogens is 2. The third-order valence-corrected chi connectivity index (χ3v) is 5.31. The van der Waals surface area contributed by atoms with E-state index in [-0.39, 0.29) is 18.1 Å². The van der Waals surface area contributed by atoms with E-state index in [0.29, 0.717) is 0 Å². The summed E-state index contributed by atoms with van der Waals surface area (Å²) in [6, 6.07) is 17.8. The zero-order chi connectivity index (χ0) is 20.2. The molecule has 0 saturated carbocycles. The summed E-state index contributed by atoms with van der Waals surface area (Å²) in [5.74, 6) is -1.56. The molecule has 0 bridgehead atoms. The number of rotatable bonds is 5. The van der Waals surface area contributed by atoms with Crippen LogP contribution in [0.15, 0.2) is 60.7 Å². The third-order valence-electron chi connectivity index (χ3n) is 5.31. The monoisotopic (exact) mass is 395 g/mol. The van der Waals surface area contributed by atoms with Crippen LogP contribution in [0, 0.1) is 11.6 Å². The molecule has 0 spiro atoms. The summed E-state index contributed by atoms with van der Waals surface area (Å²) in [5, 5.41) is 4.97. The van der Waals surface area contributed by atoms with Crippen molar-refractivity contribution >= 4 is 22.4 Å². The van der Waals surface area contributed by atoms with Crippen molar-refractivity contribution < 1.29 is 13.6 Å². The van der Waals surface area contributed by atoms with Gasteiger partial charge in [0.15, 0.2) is 0 Å². The maximum Gasteiger partial charge on any atom is 0.238 e. The second-order valence-corrected chi connectivity index (χ2v) is 7.36. The summed E-state index contributed by atoms with van der Waals surface area (Å²) >= 11 is 0. The van der Waals surface area contributed by atoms with Crippen LogP contribution >= 0.6 is 0 Å². The Hall–Kier alpha value is -2.83. The quantitative estimate of drug-likeness (QED) is 0.712. The number of fused-ring (bicyclic) bond motifs is 1. The van der Waals surface area contributed by atoms with E-state index >= 15 is 0 Å². The second-order valence-electron chi connectivity index (χ2n) is 7.36. The summed E-state index contributed by atoms with van der Waals surface area (Å²) in [5.41, 5.74) is 1.18. The van der Waals surface area contributed by atoms with Gasteiger partial charge in [0.2, 0.25) is 5.91 Å². The van der Waals surface area contributed by atoms with Gasteiger partial charge in [-0.1, -0.05) is 42.5 Å². The van der Waals surface area contributed by atoms with Gasteiger partial charge in [-0.25, -0.2) is 8.78 Å². The number of hydrogen-bond acceptors (Lipinski definition) is 3. The van der Waals surface area contributed by atoms with Crippen LogP contribution in [0.1, 0.15) is 5.56 Å². The molecule has 6 heteroatoms. The lowest BCUT2D eigenvalue weighted by atomic mass is 10.0. The van der Waals surface area contributed by atoms with Crippen molar-refractivity contribution in [3.63, 3.8) is 0 Å². The molecule has 1 aliphatic rings. The Morgan fingerprint density at radius 2 is 1.62 bits per heavy atom. The summed E-state index contributed by atoms with van der Waals surface area (Å²) in [4.78, 5) is 16.6. The van der Waals surface area contributed by atoms with E-state index in [0.717, 1.165) is 50.9 Å². The number of amides is 1. The third kappa shape index (κ3) is 4.78. The molecular weight excluding hydrogens is 372 g/mol. The smallest absolute Gasteiger partial charge is 0.238 e. The fourth-order valence-electron chi connectivity index (χ4n) is 3.76. The van der Waals surface area contributed by atoms with Gasteiger partial charge in [-0.05, 0) is 28.5 Å². The Morgan fingerprint density at radius 3 is 2.45 bits per heavy atom. The van der Waals surface area contributed by atoms with Crippen LogP contribution in [0.25, 0.3) is 10.8 Å². The van der Waals surface area contributed by atoms with Crippen molar-refractivity contribution in [1.29, 1.82) is 0 Å². The van der Waals surface area contributed by atoms with E-state index in [1.165, 1.54) is 16.3 Å². The Kier molecular flexibility index (Phi) is 5.83. The van der Waals surface area contributed by atoms with Crippen LogP contribution in [0.4, 0.5) is 14.5 Å². The number of benzene rings is 3. The van der Waals surface area contributed by atoms with Gasteiger partial charge in [0.1, 0.15) is 11.6 Å². The first-order valence-corrected chi connectivity index (χ1v) is 9.75. The largest absolute Gasteiger partial charge is 0.322 e. The van der Waals surface area contributed by atoms with Crippen molar-refractivity contribution in [3.8, 4) is 0 Å². The second kappa shape index (κ2) is 8.68. The fourth-order valence-corrected chi connectivity index (χ4v) is 3.76.